The van der Waals surface area contributed by atoms with Gasteiger partial charge in [-0.3, -0.25) is 9.69 Å². The lowest BCUT2D eigenvalue weighted by molar-refractivity contribution is 0.0998. The molecule has 0 aromatic heterocycles. The van der Waals surface area contributed by atoms with Gasteiger partial charge in [0.15, 0.2) is 0 Å². The van der Waals surface area contributed by atoms with E-state index in [1.54, 1.807) is 49.5 Å². The van der Waals surface area contributed by atoms with Gasteiger partial charge in [-0.1, -0.05) is 30.3 Å². The molecule has 132 valence electrons. The van der Waals surface area contributed by atoms with Crippen LogP contribution < -0.4 is 15.4 Å². The number of hydrogen-bond donors (Lipinski definition) is 2. The number of nitrogens with two attached hydrogens (primary N) is 1. The molecule has 0 aliphatic heterocycles. The number of phenols is 1. The van der Waals surface area contributed by atoms with E-state index in [2.05, 4.69) is 0 Å². The maximum absolute atomic E-state index is 12.5. The molecule has 6 nitrogen and oxygen atoms in total. The first-order chi connectivity index (χ1) is 12.4. The molecule has 0 aliphatic rings. The van der Waals surface area contributed by atoms with Gasteiger partial charge in [0.05, 0.1) is 11.3 Å². The number of fused-ring (bicyclic) bond motifs is 1. The average molecular weight is 350 g/mol. The van der Waals surface area contributed by atoms with Gasteiger partial charge in [-0.15, -0.1) is 0 Å². The number of ether oxygens (including phenoxy) is 1. The molecule has 6 heteroatoms. The number of amides is 2. The summed E-state index contributed by atoms with van der Waals surface area (Å²) >= 11 is 0. The van der Waals surface area contributed by atoms with E-state index in [0.29, 0.717) is 22.2 Å². The summed E-state index contributed by atoms with van der Waals surface area (Å²) in [5.74, 6) is -0.486. The lowest BCUT2D eigenvalue weighted by Crippen LogP contribution is -2.29. The predicted molar refractivity (Wildman–Crippen MR) is 99.7 cm³/mol. The molecule has 0 heterocycles. The Kier molecular flexibility index (Phi) is 4.49. The molecule has 3 aromatic carbocycles. The van der Waals surface area contributed by atoms with Crippen LogP contribution in [0.5, 0.6) is 11.5 Å². The van der Waals surface area contributed by atoms with E-state index in [4.69, 9.17) is 10.5 Å². The number of primary amides is 1. The Bertz CT molecular complexity index is 1010. The summed E-state index contributed by atoms with van der Waals surface area (Å²) in [6, 6.07) is 15.3. The summed E-state index contributed by atoms with van der Waals surface area (Å²) in [5, 5.41) is 11.3. The van der Waals surface area contributed by atoms with Crippen molar-refractivity contribution in [2.75, 3.05) is 11.9 Å². The van der Waals surface area contributed by atoms with Crippen LogP contribution in [0.2, 0.25) is 0 Å². The van der Waals surface area contributed by atoms with Crippen molar-refractivity contribution in [2.45, 2.75) is 6.92 Å². The summed E-state index contributed by atoms with van der Waals surface area (Å²) in [6.45, 7) is 1.91. The number of carbonyl (C=O) groups is 2. The molecule has 0 unspecified atom stereocenters. The smallest absolute Gasteiger partial charge is 0.419 e. The number of nitrogens with zero attached hydrogens (tertiary/aromatic N) is 1. The van der Waals surface area contributed by atoms with Crippen molar-refractivity contribution in [3.8, 4) is 11.5 Å². The quantitative estimate of drug-likeness (QED) is 0.755. The number of aromatic hydroxyl groups is 1. The molecule has 0 spiro atoms. The Morgan fingerprint density at radius 2 is 1.77 bits per heavy atom. The Labute approximate surface area is 150 Å². The van der Waals surface area contributed by atoms with Crippen molar-refractivity contribution >= 4 is 28.5 Å². The summed E-state index contributed by atoms with van der Waals surface area (Å²) < 4.78 is 5.40. The summed E-state index contributed by atoms with van der Waals surface area (Å²) in [5.41, 5.74) is 6.81. The summed E-state index contributed by atoms with van der Waals surface area (Å²) in [7, 11) is 1.58. The van der Waals surface area contributed by atoms with Gasteiger partial charge in [-0.25, -0.2) is 4.79 Å². The minimum absolute atomic E-state index is 0.0274. The average Bonchev–Trinajstić information content (AvgIpc) is 2.60. The van der Waals surface area contributed by atoms with E-state index in [1.807, 2.05) is 13.0 Å². The molecule has 26 heavy (non-hydrogen) atoms. The fourth-order valence-electron chi connectivity index (χ4n) is 2.76. The van der Waals surface area contributed by atoms with E-state index in [9.17, 15) is 14.7 Å². The normalized spacial score (nSPS) is 10.5. The number of carbonyl (C=O) groups excluding carboxylic acids is 2. The van der Waals surface area contributed by atoms with Crippen molar-refractivity contribution in [2.24, 2.45) is 5.73 Å². The third kappa shape index (κ3) is 3.17. The first kappa shape index (κ1) is 17.3. The van der Waals surface area contributed by atoms with E-state index in [-0.39, 0.29) is 11.3 Å². The van der Waals surface area contributed by atoms with Crippen LogP contribution in [0, 0.1) is 6.92 Å². The number of benzene rings is 3. The third-order valence-corrected chi connectivity index (χ3v) is 4.11. The lowest BCUT2D eigenvalue weighted by atomic mass is 10.0. The van der Waals surface area contributed by atoms with Crippen molar-refractivity contribution in [1.29, 1.82) is 0 Å². The second-order valence-electron chi connectivity index (χ2n) is 5.94. The van der Waals surface area contributed by atoms with Gasteiger partial charge in [-0.05, 0) is 36.8 Å². The molecule has 3 N–H and O–H groups in total. The zero-order valence-electron chi connectivity index (χ0n) is 14.4. The van der Waals surface area contributed by atoms with Crippen LogP contribution in [-0.2, 0) is 0 Å². The molecule has 3 aromatic rings. The molecule has 0 aliphatic carbocycles. The highest BCUT2D eigenvalue weighted by molar-refractivity contribution is 6.08. The van der Waals surface area contributed by atoms with E-state index >= 15 is 0 Å². The molecule has 0 saturated heterocycles. The van der Waals surface area contributed by atoms with Crippen molar-refractivity contribution < 1.29 is 19.4 Å². The summed E-state index contributed by atoms with van der Waals surface area (Å²) in [6.07, 6.45) is -0.568. The second kappa shape index (κ2) is 6.76. The predicted octanol–water partition coefficient (Wildman–Crippen LogP) is 3.59. The molecule has 0 atom stereocenters. The summed E-state index contributed by atoms with van der Waals surface area (Å²) in [4.78, 5) is 25.2. The van der Waals surface area contributed by atoms with Crippen LogP contribution in [-0.4, -0.2) is 24.2 Å². The van der Waals surface area contributed by atoms with Gasteiger partial charge in [0, 0.05) is 17.8 Å². The first-order valence-corrected chi connectivity index (χ1v) is 7.95. The largest absolute Gasteiger partial charge is 0.506 e. The van der Waals surface area contributed by atoms with E-state index in [1.165, 1.54) is 11.0 Å². The van der Waals surface area contributed by atoms with Crippen molar-refractivity contribution in [3.63, 3.8) is 0 Å². The highest BCUT2D eigenvalue weighted by Gasteiger charge is 2.18. The maximum Gasteiger partial charge on any atom is 0.419 e. The maximum atomic E-state index is 12.5. The van der Waals surface area contributed by atoms with Crippen molar-refractivity contribution in [3.05, 3.63) is 65.7 Å². The second-order valence-corrected chi connectivity index (χ2v) is 5.94. The Morgan fingerprint density at radius 1 is 1.04 bits per heavy atom. The van der Waals surface area contributed by atoms with Crippen LogP contribution in [0.1, 0.15) is 15.9 Å². The van der Waals surface area contributed by atoms with Crippen molar-refractivity contribution in [1.82, 2.24) is 0 Å². The highest BCUT2D eigenvalue weighted by Crippen LogP contribution is 2.34. The first-order valence-electron chi connectivity index (χ1n) is 7.95. The van der Waals surface area contributed by atoms with E-state index < -0.39 is 12.0 Å². The Hall–Kier alpha value is -3.54. The van der Waals surface area contributed by atoms with Gasteiger partial charge in [-0.2, -0.15) is 0 Å². The van der Waals surface area contributed by atoms with Crippen LogP contribution >= 0.6 is 0 Å². The number of aryl methyl sites for hydroxylation is 1. The molecule has 3 rings (SSSR count). The molecular formula is C20H18N2O4. The van der Waals surface area contributed by atoms with Gasteiger partial charge in [0.25, 0.3) is 5.91 Å². The van der Waals surface area contributed by atoms with E-state index in [0.717, 1.165) is 5.56 Å². The standard InChI is InChI=1S/C20H18N2O4/c1-12-5-3-6-13(11-12)26-20(25)22(2)17-8-4-7-15-14(17)9-10-16(18(15)23)19(21)24/h3-11,23H,1-2H3,(H2,21,24). The molecular weight excluding hydrogens is 332 g/mol. The monoisotopic (exact) mass is 350 g/mol. The third-order valence-electron chi connectivity index (χ3n) is 4.11. The lowest BCUT2D eigenvalue weighted by Gasteiger charge is -2.19. The van der Waals surface area contributed by atoms with Crippen LogP contribution in [0.4, 0.5) is 10.5 Å². The number of anilines is 1. The van der Waals surface area contributed by atoms with Crippen LogP contribution in [0.15, 0.2) is 54.6 Å². The van der Waals surface area contributed by atoms with Gasteiger partial charge < -0.3 is 15.6 Å². The Morgan fingerprint density at radius 3 is 2.46 bits per heavy atom. The van der Waals surface area contributed by atoms with Gasteiger partial charge >= 0.3 is 6.09 Å². The minimum atomic E-state index is -0.720. The number of rotatable bonds is 3. The molecule has 0 radical (unpaired) electrons. The SMILES string of the molecule is Cc1cccc(OC(=O)N(C)c2cccc3c(O)c(C(N)=O)ccc23)c1. The minimum Gasteiger partial charge on any atom is -0.506 e. The number of hydrogen-bond acceptors (Lipinski definition) is 4. The van der Waals surface area contributed by atoms with Gasteiger partial charge in [0.2, 0.25) is 0 Å². The fourth-order valence-corrected chi connectivity index (χ4v) is 2.76. The molecule has 0 bridgehead atoms. The fraction of sp³-hybridized carbons (Fsp3) is 0.100. The van der Waals surface area contributed by atoms with Gasteiger partial charge in [0.1, 0.15) is 11.5 Å². The topological polar surface area (TPSA) is 92.9 Å². The molecule has 0 fully saturated rings. The highest BCUT2D eigenvalue weighted by atomic mass is 16.6. The molecule has 0 saturated carbocycles. The van der Waals surface area contributed by atoms with Crippen LogP contribution in [0.3, 0.4) is 0 Å². The molecule has 2 amide bonds. The zero-order chi connectivity index (χ0) is 18.8. The Balaban J connectivity index is 1.97. The zero-order valence-corrected chi connectivity index (χ0v) is 14.4. The van der Waals surface area contributed by atoms with Crippen LogP contribution in [0.25, 0.3) is 10.8 Å².